The number of carbonyl (C=O) groups excluding carboxylic acids is 1. The molecule has 0 aliphatic heterocycles. The number of nitrogens with one attached hydrogen (secondary N) is 2. The van der Waals surface area contributed by atoms with Crippen LogP contribution >= 0.6 is 11.6 Å². The number of amides is 1. The molecule has 0 fully saturated rings. The van der Waals surface area contributed by atoms with Gasteiger partial charge in [0, 0.05) is 0 Å². The molecule has 0 saturated carbocycles. The molecule has 0 aliphatic carbocycles. The zero-order chi connectivity index (χ0) is 17.7. The van der Waals surface area contributed by atoms with E-state index >= 15 is 0 Å². The van der Waals surface area contributed by atoms with Crippen LogP contribution in [0.3, 0.4) is 0 Å². The van der Waals surface area contributed by atoms with Crippen molar-refractivity contribution in [3.63, 3.8) is 0 Å². The van der Waals surface area contributed by atoms with Gasteiger partial charge in [0.15, 0.2) is 0 Å². The first-order valence-corrected chi connectivity index (χ1v) is 7.25. The van der Waals surface area contributed by atoms with Gasteiger partial charge in [-0.2, -0.15) is 4.98 Å². The minimum absolute atomic E-state index is 0.195. The molecule has 0 atom stereocenters. The average molecular weight is 352 g/mol. The lowest BCUT2D eigenvalue weighted by Gasteiger charge is -2.12. The van der Waals surface area contributed by atoms with Gasteiger partial charge in [0.05, 0.1) is 21.6 Å². The van der Waals surface area contributed by atoms with E-state index < -0.39 is 16.5 Å². The van der Waals surface area contributed by atoms with Gasteiger partial charge in [-0.25, -0.2) is 4.98 Å². The molecule has 2 rings (SSSR count). The fourth-order valence-electron chi connectivity index (χ4n) is 1.76. The largest absolute Gasteiger partial charge is 0.470 e. The van der Waals surface area contributed by atoms with Crippen LogP contribution in [0, 0.1) is 10.1 Å². The van der Waals surface area contributed by atoms with Crippen molar-refractivity contribution < 1.29 is 14.5 Å². The number of hydrogen-bond acceptors (Lipinski definition) is 7. The van der Waals surface area contributed by atoms with Crippen molar-refractivity contribution in [2.24, 2.45) is 0 Å². The van der Waals surface area contributed by atoms with Crippen LogP contribution in [-0.4, -0.2) is 26.9 Å². The molecule has 0 unspecified atom stereocenters. The van der Waals surface area contributed by atoms with Crippen molar-refractivity contribution in [2.75, 3.05) is 5.43 Å². The number of rotatable bonds is 6. The monoisotopic (exact) mass is 351 g/mol. The minimum Gasteiger partial charge on any atom is -0.470 e. The third-order valence-electron chi connectivity index (χ3n) is 2.73. The van der Waals surface area contributed by atoms with Crippen molar-refractivity contribution >= 4 is 29.0 Å². The summed E-state index contributed by atoms with van der Waals surface area (Å²) < 4.78 is 5.29. The number of nitrogens with zero attached hydrogens (tertiary/aromatic N) is 3. The second kappa shape index (κ2) is 7.55. The summed E-state index contributed by atoms with van der Waals surface area (Å²) in [7, 11) is 0. The maximum atomic E-state index is 12.1. The SMILES string of the molecule is CC(C)Oc1ncnc(NNC(=O)c2ccccc2Cl)c1[N+](=O)[O-]. The third kappa shape index (κ3) is 4.07. The van der Waals surface area contributed by atoms with Crippen molar-refractivity contribution in [3.05, 3.63) is 51.3 Å². The molecule has 1 amide bonds. The molecule has 1 aromatic carbocycles. The highest BCUT2D eigenvalue weighted by Gasteiger charge is 2.25. The summed E-state index contributed by atoms with van der Waals surface area (Å²) in [5.74, 6) is -0.967. The molecule has 2 aromatic rings. The van der Waals surface area contributed by atoms with Gasteiger partial charge >= 0.3 is 5.69 Å². The van der Waals surface area contributed by atoms with Gasteiger partial charge in [-0.15, -0.1) is 0 Å². The number of nitro groups is 1. The van der Waals surface area contributed by atoms with E-state index in [0.717, 1.165) is 6.33 Å². The summed E-state index contributed by atoms with van der Waals surface area (Å²) >= 11 is 5.92. The molecule has 0 bridgehead atoms. The van der Waals surface area contributed by atoms with Crippen LogP contribution in [0.25, 0.3) is 0 Å². The summed E-state index contributed by atoms with van der Waals surface area (Å²) in [5, 5.41) is 11.5. The topological polar surface area (TPSA) is 119 Å². The molecule has 0 radical (unpaired) electrons. The lowest BCUT2D eigenvalue weighted by Crippen LogP contribution is -2.30. The molecule has 10 heteroatoms. The highest BCUT2D eigenvalue weighted by Crippen LogP contribution is 2.31. The molecule has 1 aromatic heterocycles. The Balaban J connectivity index is 2.22. The number of hydrazine groups is 1. The highest BCUT2D eigenvalue weighted by atomic mass is 35.5. The molecular formula is C14H14ClN5O4. The van der Waals surface area contributed by atoms with Gasteiger partial charge in [0.25, 0.3) is 11.8 Å². The van der Waals surface area contributed by atoms with Crippen LogP contribution in [-0.2, 0) is 0 Å². The molecule has 0 aliphatic rings. The van der Waals surface area contributed by atoms with Crippen LogP contribution in [0.2, 0.25) is 5.02 Å². The van der Waals surface area contributed by atoms with E-state index in [1.54, 1.807) is 32.0 Å². The number of ether oxygens (including phenoxy) is 1. The molecule has 126 valence electrons. The zero-order valence-electron chi connectivity index (χ0n) is 12.8. The fourth-order valence-corrected chi connectivity index (χ4v) is 1.98. The predicted octanol–water partition coefficient (Wildman–Crippen LogP) is 2.58. The normalized spacial score (nSPS) is 10.3. The van der Waals surface area contributed by atoms with Crippen molar-refractivity contribution in [2.45, 2.75) is 20.0 Å². The van der Waals surface area contributed by atoms with E-state index in [0.29, 0.717) is 0 Å². The molecule has 9 nitrogen and oxygen atoms in total. The molecular weight excluding hydrogens is 338 g/mol. The number of aromatic nitrogens is 2. The highest BCUT2D eigenvalue weighted by molar-refractivity contribution is 6.33. The summed E-state index contributed by atoms with van der Waals surface area (Å²) in [4.78, 5) is 30.2. The summed E-state index contributed by atoms with van der Waals surface area (Å²) in [6.45, 7) is 3.41. The van der Waals surface area contributed by atoms with Crippen LogP contribution in [0.1, 0.15) is 24.2 Å². The number of benzene rings is 1. The van der Waals surface area contributed by atoms with Gasteiger partial charge in [-0.05, 0) is 26.0 Å². The van der Waals surface area contributed by atoms with E-state index in [1.165, 1.54) is 6.07 Å². The zero-order valence-corrected chi connectivity index (χ0v) is 13.6. The van der Waals surface area contributed by atoms with Crippen molar-refractivity contribution in [1.82, 2.24) is 15.4 Å². The van der Waals surface area contributed by atoms with E-state index in [1.807, 2.05) is 0 Å². The van der Waals surface area contributed by atoms with Crippen LogP contribution in [0.4, 0.5) is 11.5 Å². The van der Waals surface area contributed by atoms with E-state index in [2.05, 4.69) is 20.8 Å². The van der Waals surface area contributed by atoms with Crippen LogP contribution in [0.5, 0.6) is 5.88 Å². The third-order valence-corrected chi connectivity index (χ3v) is 3.06. The lowest BCUT2D eigenvalue weighted by atomic mass is 10.2. The number of hydrogen-bond donors (Lipinski definition) is 2. The lowest BCUT2D eigenvalue weighted by molar-refractivity contribution is -0.385. The van der Waals surface area contributed by atoms with Crippen LogP contribution < -0.4 is 15.6 Å². The van der Waals surface area contributed by atoms with Gasteiger partial charge in [0.2, 0.25) is 5.82 Å². The first kappa shape index (κ1) is 17.4. The Bertz CT molecular complexity index is 769. The second-order valence-corrected chi connectivity index (χ2v) is 5.27. The standard InChI is InChI=1S/C14H14ClN5O4/c1-8(2)24-14-11(20(22)23)12(16-7-17-14)18-19-13(21)9-5-3-4-6-10(9)15/h3-8H,1-2H3,(H,19,21)(H,16,17,18). The van der Waals surface area contributed by atoms with E-state index in [4.69, 9.17) is 16.3 Å². The average Bonchev–Trinajstić information content (AvgIpc) is 2.52. The summed E-state index contributed by atoms with van der Waals surface area (Å²) in [6, 6.07) is 6.39. The quantitative estimate of drug-likeness (QED) is 0.606. The van der Waals surface area contributed by atoms with Gasteiger partial charge < -0.3 is 4.74 Å². The smallest absolute Gasteiger partial charge is 0.374 e. The summed E-state index contributed by atoms with van der Waals surface area (Å²) in [6.07, 6.45) is 0.776. The van der Waals surface area contributed by atoms with Gasteiger partial charge in [0.1, 0.15) is 6.33 Å². The Kier molecular flexibility index (Phi) is 5.48. The Morgan fingerprint density at radius 3 is 2.67 bits per heavy atom. The first-order chi connectivity index (χ1) is 11.4. The Morgan fingerprint density at radius 1 is 1.33 bits per heavy atom. The van der Waals surface area contributed by atoms with Crippen molar-refractivity contribution in [1.29, 1.82) is 0 Å². The van der Waals surface area contributed by atoms with Gasteiger partial charge in [-0.1, -0.05) is 23.7 Å². The Labute approximate surface area is 142 Å². The molecule has 2 N–H and O–H groups in total. The Hall–Kier alpha value is -2.94. The number of carbonyl (C=O) groups is 1. The fraction of sp³-hybridized carbons (Fsp3) is 0.214. The van der Waals surface area contributed by atoms with E-state index in [9.17, 15) is 14.9 Å². The second-order valence-electron chi connectivity index (χ2n) is 4.86. The first-order valence-electron chi connectivity index (χ1n) is 6.87. The number of halogens is 1. The maximum Gasteiger partial charge on any atom is 0.374 e. The van der Waals surface area contributed by atoms with Crippen molar-refractivity contribution in [3.8, 4) is 5.88 Å². The van der Waals surface area contributed by atoms with Crippen LogP contribution in [0.15, 0.2) is 30.6 Å². The maximum absolute atomic E-state index is 12.1. The minimum atomic E-state index is -0.693. The summed E-state index contributed by atoms with van der Waals surface area (Å²) in [5.41, 5.74) is 4.44. The number of anilines is 1. The van der Waals surface area contributed by atoms with E-state index in [-0.39, 0.29) is 28.4 Å². The molecule has 0 saturated heterocycles. The Morgan fingerprint density at radius 2 is 2.04 bits per heavy atom. The molecule has 1 heterocycles. The van der Waals surface area contributed by atoms with Gasteiger partial charge in [-0.3, -0.25) is 25.8 Å². The molecule has 24 heavy (non-hydrogen) atoms. The predicted molar refractivity (Wildman–Crippen MR) is 87.0 cm³/mol. The molecule has 0 spiro atoms.